The highest BCUT2D eigenvalue weighted by Gasteiger charge is 2.26. The molecule has 1 aliphatic carbocycles. The first-order valence-electron chi connectivity index (χ1n) is 8.76. The van der Waals surface area contributed by atoms with Crippen molar-refractivity contribution in [3.8, 4) is 11.5 Å². The second-order valence-corrected chi connectivity index (χ2v) is 6.25. The van der Waals surface area contributed by atoms with Crippen molar-refractivity contribution in [1.82, 2.24) is 10.7 Å². The summed E-state index contributed by atoms with van der Waals surface area (Å²) in [6.45, 7) is 0. The summed E-state index contributed by atoms with van der Waals surface area (Å²) in [5.41, 5.74) is 2.86. The summed E-state index contributed by atoms with van der Waals surface area (Å²) in [4.78, 5) is 35.3. The number of hydrazone groups is 1. The summed E-state index contributed by atoms with van der Waals surface area (Å²) in [6, 6.07) is 9.62. The highest BCUT2D eigenvalue weighted by molar-refractivity contribution is 6.35. The molecule has 0 radical (unpaired) electrons. The minimum absolute atomic E-state index is 0.0756. The molecule has 0 spiro atoms. The Bertz CT molecular complexity index is 955. The molecule has 1 fully saturated rings. The van der Waals surface area contributed by atoms with Gasteiger partial charge in [0.1, 0.15) is 5.82 Å². The number of nitrogens with one attached hydrogen (secondary N) is 2. The smallest absolute Gasteiger partial charge is 0.343 e. The maximum atomic E-state index is 13.0. The van der Waals surface area contributed by atoms with E-state index < -0.39 is 23.6 Å². The van der Waals surface area contributed by atoms with Gasteiger partial charge < -0.3 is 14.8 Å². The molecule has 0 aromatic heterocycles. The number of esters is 1. The predicted molar refractivity (Wildman–Crippen MR) is 101 cm³/mol. The van der Waals surface area contributed by atoms with Crippen LogP contribution in [0.5, 0.6) is 11.5 Å². The van der Waals surface area contributed by atoms with E-state index in [2.05, 4.69) is 15.8 Å². The van der Waals surface area contributed by atoms with Crippen molar-refractivity contribution in [3.05, 3.63) is 59.4 Å². The van der Waals surface area contributed by atoms with Crippen LogP contribution in [0.2, 0.25) is 0 Å². The molecule has 8 nitrogen and oxygen atoms in total. The number of carbonyl (C=O) groups is 3. The molecule has 0 saturated heterocycles. The first-order valence-corrected chi connectivity index (χ1v) is 8.76. The number of methoxy groups -OCH3 is 1. The van der Waals surface area contributed by atoms with Crippen molar-refractivity contribution in [2.75, 3.05) is 7.11 Å². The number of nitrogens with zero attached hydrogens (tertiary/aromatic N) is 1. The molecule has 0 bridgehead atoms. The number of carbonyl (C=O) groups excluding carboxylic acids is 3. The Labute approximate surface area is 165 Å². The lowest BCUT2D eigenvalue weighted by molar-refractivity contribution is -0.139. The van der Waals surface area contributed by atoms with Crippen LogP contribution < -0.4 is 20.2 Å². The molecule has 2 aromatic rings. The van der Waals surface area contributed by atoms with E-state index in [1.54, 1.807) is 6.07 Å². The summed E-state index contributed by atoms with van der Waals surface area (Å²) in [5, 5.41) is 6.28. The standard InChI is InChI=1S/C20H18FN3O5/c1-28-17-10-12(11-22-24-19(26)18(25)23-15-7-8-15)2-9-16(17)29-20(27)13-3-5-14(21)6-4-13/h2-6,9-11,15H,7-8H2,1H3,(H,23,25)(H,24,26)/b22-11-. The average molecular weight is 399 g/mol. The van der Waals surface area contributed by atoms with E-state index in [0.717, 1.165) is 25.0 Å². The van der Waals surface area contributed by atoms with E-state index >= 15 is 0 Å². The van der Waals surface area contributed by atoms with Crippen LogP contribution in [0.1, 0.15) is 28.8 Å². The van der Waals surface area contributed by atoms with Crippen LogP contribution in [-0.2, 0) is 9.59 Å². The van der Waals surface area contributed by atoms with Gasteiger partial charge in [-0.1, -0.05) is 0 Å². The number of hydrogen-bond donors (Lipinski definition) is 2. The quantitative estimate of drug-likeness (QED) is 0.253. The zero-order valence-corrected chi connectivity index (χ0v) is 15.5. The first kappa shape index (κ1) is 20.0. The van der Waals surface area contributed by atoms with Crippen LogP contribution in [0.3, 0.4) is 0 Å². The highest BCUT2D eigenvalue weighted by Crippen LogP contribution is 2.28. The number of halogens is 1. The molecule has 0 atom stereocenters. The minimum atomic E-state index is -0.857. The summed E-state index contributed by atoms with van der Waals surface area (Å²) < 4.78 is 23.5. The van der Waals surface area contributed by atoms with Crippen LogP contribution in [0, 0.1) is 5.82 Å². The third kappa shape index (κ3) is 5.61. The van der Waals surface area contributed by atoms with Crippen LogP contribution in [0.15, 0.2) is 47.6 Å². The SMILES string of the molecule is COc1cc(/C=N\NC(=O)C(=O)NC2CC2)ccc1OC(=O)c1ccc(F)cc1. The normalized spacial score (nSPS) is 13.0. The molecule has 29 heavy (non-hydrogen) atoms. The summed E-state index contributed by atoms with van der Waals surface area (Å²) >= 11 is 0. The summed E-state index contributed by atoms with van der Waals surface area (Å²) in [5.74, 6) is -2.30. The van der Waals surface area contributed by atoms with Gasteiger partial charge in [-0.05, 0) is 60.9 Å². The zero-order valence-electron chi connectivity index (χ0n) is 15.5. The lowest BCUT2D eigenvalue weighted by atomic mass is 10.2. The first-order chi connectivity index (χ1) is 14.0. The Morgan fingerprint density at radius 2 is 1.79 bits per heavy atom. The van der Waals surface area contributed by atoms with E-state index in [9.17, 15) is 18.8 Å². The van der Waals surface area contributed by atoms with Gasteiger partial charge in [0, 0.05) is 6.04 Å². The molecule has 2 amide bonds. The topological polar surface area (TPSA) is 106 Å². The molecular weight excluding hydrogens is 381 g/mol. The largest absolute Gasteiger partial charge is 0.493 e. The Morgan fingerprint density at radius 3 is 2.45 bits per heavy atom. The number of hydrogen-bond acceptors (Lipinski definition) is 6. The number of amides is 2. The monoisotopic (exact) mass is 399 g/mol. The second-order valence-electron chi connectivity index (χ2n) is 6.25. The molecule has 0 heterocycles. The lowest BCUT2D eigenvalue weighted by Gasteiger charge is -2.10. The second kappa shape index (κ2) is 8.96. The van der Waals surface area contributed by atoms with E-state index in [1.165, 1.54) is 37.6 Å². The average Bonchev–Trinajstić information content (AvgIpc) is 3.53. The van der Waals surface area contributed by atoms with Gasteiger partial charge in [-0.2, -0.15) is 5.10 Å². The van der Waals surface area contributed by atoms with Crippen LogP contribution in [0.25, 0.3) is 0 Å². The zero-order chi connectivity index (χ0) is 20.8. The fourth-order valence-corrected chi connectivity index (χ4v) is 2.29. The van der Waals surface area contributed by atoms with Gasteiger partial charge in [-0.3, -0.25) is 9.59 Å². The van der Waals surface area contributed by atoms with Crippen LogP contribution >= 0.6 is 0 Å². The summed E-state index contributed by atoms with van der Waals surface area (Å²) in [7, 11) is 1.40. The molecule has 0 unspecified atom stereocenters. The summed E-state index contributed by atoms with van der Waals surface area (Å²) in [6.07, 6.45) is 3.07. The van der Waals surface area contributed by atoms with Crippen LogP contribution in [-0.4, -0.2) is 37.1 Å². The van der Waals surface area contributed by atoms with Gasteiger partial charge in [-0.25, -0.2) is 14.6 Å². The lowest BCUT2D eigenvalue weighted by Crippen LogP contribution is -2.38. The van der Waals surface area contributed by atoms with E-state index in [4.69, 9.17) is 9.47 Å². The maximum absolute atomic E-state index is 13.0. The van der Waals surface area contributed by atoms with Crippen LogP contribution in [0.4, 0.5) is 4.39 Å². The Kier molecular flexibility index (Phi) is 6.18. The van der Waals surface area contributed by atoms with E-state index in [0.29, 0.717) is 5.56 Å². The molecule has 150 valence electrons. The Balaban J connectivity index is 1.61. The van der Waals surface area contributed by atoms with Gasteiger partial charge in [-0.15, -0.1) is 0 Å². The third-order valence-corrected chi connectivity index (χ3v) is 3.97. The van der Waals surface area contributed by atoms with Gasteiger partial charge in [0.05, 0.1) is 18.9 Å². The predicted octanol–water partition coefficient (Wildman–Crippen LogP) is 1.78. The fraction of sp³-hybridized carbons (Fsp3) is 0.200. The Hall–Kier alpha value is -3.75. The van der Waals surface area contributed by atoms with Crippen molar-refractivity contribution >= 4 is 24.0 Å². The Morgan fingerprint density at radius 1 is 1.07 bits per heavy atom. The molecule has 1 aliphatic rings. The molecule has 0 aliphatic heterocycles. The molecule has 2 N–H and O–H groups in total. The van der Waals surface area contributed by atoms with Crippen molar-refractivity contribution < 1.29 is 28.2 Å². The minimum Gasteiger partial charge on any atom is -0.493 e. The van der Waals surface area contributed by atoms with Crippen molar-refractivity contribution in [2.45, 2.75) is 18.9 Å². The van der Waals surface area contributed by atoms with Crippen molar-refractivity contribution in [3.63, 3.8) is 0 Å². The number of rotatable bonds is 6. The number of ether oxygens (including phenoxy) is 2. The molecule has 2 aromatic carbocycles. The van der Waals surface area contributed by atoms with Gasteiger partial charge in [0.25, 0.3) is 0 Å². The highest BCUT2D eigenvalue weighted by atomic mass is 19.1. The van der Waals surface area contributed by atoms with Crippen molar-refractivity contribution in [1.29, 1.82) is 0 Å². The van der Waals surface area contributed by atoms with Gasteiger partial charge >= 0.3 is 17.8 Å². The number of benzene rings is 2. The molecule has 9 heteroatoms. The molecule has 3 rings (SSSR count). The molecule has 1 saturated carbocycles. The fourth-order valence-electron chi connectivity index (χ4n) is 2.29. The van der Waals surface area contributed by atoms with Crippen molar-refractivity contribution in [2.24, 2.45) is 5.10 Å². The van der Waals surface area contributed by atoms with E-state index in [-0.39, 0.29) is 23.1 Å². The van der Waals surface area contributed by atoms with Gasteiger partial charge in [0.2, 0.25) is 0 Å². The van der Waals surface area contributed by atoms with Gasteiger partial charge in [0.15, 0.2) is 11.5 Å². The molecular formula is C20H18FN3O5. The van der Waals surface area contributed by atoms with E-state index in [1.807, 2.05) is 0 Å². The third-order valence-electron chi connectivity index (χ3n) is 3.97. The maximum Gasteiger partial charge on any atom is 0.343 e.